The Morgan fingerprint density at radius 3 is 2.71 bits per heavy atom. The molecule has 0 unspecified atom stereocenters. The van der Waals surface area contributed by atoms with E-state index in [1.54, 1.807) is 0 Å². The number of anilines is 1. The number of guanidine groups is 1. The number of nitrogens with two attached hydrogens (primary N) is 1. The Morgan fingerprint density at radius 1 is 1.33 bits per heavy atom. The van der Waals surface area contributed by atoms with Gasteiger partial charge in [-0.25, -0.2) is 4.99 Å². The van der Waals surface area contributed by atoms with Crippen molar-refractivity contribution in [1.82, 2.24) is 10.1 Å². The number of aryl methyl sites for hydroxylation is 2. The molecule has 3 rings (SSSR count). The summed E-state index contributed by atoms with van der Waals surface area (Å²) < 4.78 is 5.18. The Morgan fingerprint density at radius 2 is 2.05 bits per heavy atom. The molecule has 0 atom stereocenters. The molecule has 6 nitrogen and oxygen atoms in total. The lowest BCUT2D eigenvalue weighted by molar-refractivity contribution is 0.374. The first-order valence-corrected chi connectivity index (χ1v) is 7.08. The zero-order valence-electron chi connectivity index (χ0n) is 12.3. The van der Waals surface area contributed by atoms with E-state index in [-0.39, 0.29) is 0 Å². The van der Waals surface area contributed by atoms with Gasteiger partial charge in [-0.1, -0.05) is 11.2 Å². The van der Waals surface area contributed by atoms with Crippen LogP contribution in [0, 0.1) is 13.8 Å². The molecule has 1 saturated carbocycles. The van der Waals surface area contributed by atoms with Gasteiger partial charge in [-0.3, -0.25) is 0 Å². The number of aliphatic imine (C=N–C) groups is 1. The average Bonchev–Trinajstić information content (AvgIpc) is 3.14. The van der Waals surface area contributed by atoms with Crippen molar-refractivity contribution in [1.29, 1.82) is 0 Å². The number of nitrogens with zero attached hydrogens (tertiary/aromatic N) is 3. The summed E-state index contributed by atoms with van der Waals surface area (Å²) in [7, 11) is 0. The molecule has 1 aromatic carbocycles. The lowest BCUT2D eigenvalue weighted by Gasteiger charge is -2.07. The SMILES string of the molecule is Cc1cc(C)cc(NC(N)=NCc2noc(C3CC3)n2)c1. The normalized spacial score (nSPS) is 15.2. The van der Waals surface area contributed by atoms with Crippen LogP contribution in [0.4, 0.5) is 5.69 Å². The highest BCUT2D eigenvalue weighted by Crippen LogP contribution is 2.38. The fraction of sp³-hybridized carbons (Fsp3) is 0.400. The van der Waals surface area contributed by atoms with Crippen LogP contribution in [0.1, 0.15) is 41.6 Å². The summed E-state index contributed by atoms with van der Waals surface area (Å²) in [6.07, 6.45) is 2.28. The van der Waals surface area contributed by atoms with Crippen LogP contribution in [0.2, 0.25) is 0 Å². The molecule has 21 heavy (non-hydrogen) atoms. The average molecular weight is 285 g/mol. The van der Waals surface area contributed by atoms with E-state index in [1.807, 2.05) is 26.0 Å². The summed E-state index contributed by atoms with van der Waals surface area (Å²) in [6.45, 7) is 4.41. The Balaban J connectivity index is 1.62. The van der Waals surface area contributed by atoms with E-state index in [4.69, 9.17) is 10.3 Å². The van der Waals surface area contributed by atoms with Gasteiger partial charge in [0.25, 0.3) is 0 Å². The van der Waals surface area contributed by atoms with Crippen LogP contribution < -0.4 is 11.1 Å². The number of nitrogens with one attached hydrogen (secondary N) is 1. The maximum Gasteiger partial charge on any atom is 0.229 e. The second-order valence-corrected chi connectivity index (χ2v) is 5.53. The smallest absolute Gasteiger partial charge is 0.229 e. The lowest BCUT2D eigenvalue weighted by Crippen LogP contribution is -2.22. The van der Waals surface area contributed by atoms with Crippen molar-refractivity contribution < 1.29 is 4.52 Å². The van der Waals surface area contributed by atoms with Gasteiger partial charge in [0.15, 0.2) is 11.8 Å². The van der Waals surface area contributed by atoms with Gasteiger partial charge in [-0.05, 0) is 49.9 Å². The summed E-state index contributed by atoms with van der Waals surface area (Å²) in [5.74, 6) is 2.10. The monoisotopic (exact) mass is 285 g/mol. The zero-order chi connectivity index (χ0) is 14.8. The molecular weight excluding hydrogens is 266 g/mol. The highest BCUT2D eigenvalue weighted by Gasteiger charge is 2.29. The Kier molecular flexibility index (Phi) is 3.60. The van der Waals surface area contributed by atoms with Crippen LogP contribution in [0.3, 0.4) is 0 Å². The lowest BCUT2D eigenvalue weighted by atomic mass is 10.1. The van der Waals surface area contributed by atoms with E-state index >= 15 is 0 Å². The van der Waals surface area contributed by atoms with Crippen LogP contribution >= 0.6 is 0 Å². The maximum atomic E-state index is 5.89. The molecule has 1 fully saturated rings. The molecule has 0 radical (unpaired) electrons. The van der Waals surface area contributed by atoms with E-state index in [0.29, 0.717) is 24.2 Å². The van der Waals surface area contributed by atoms with Gasteiger partial charge in [-0.2, -0.15) is 4.98 Å². The highest BCUT2D eigenvalue weighted by molar-refractivity contribution is 5.92. The van der Waals surface area contributed by atoms with Crippen molar-refractivity contribution in [3.8, 4) is 0 Å². The van der Waals surface area contributed by atoms with E-state index in [9.17, 15) is 0 Å². The number of rotatable bonds is 4. The quantitative estimate of drug-likeness (QED) is 0.665. The number of hydrogen-bond donors (Lipinski definition) is 2. The molecule has 0 amide bonds. The van der Waals surface area contributed by atoms with E-state index in [1.165, 1.54) is 11.1 Å². The summed E-state index contributed by atoms with van der Waals surface area (Å²) in [6, 6.07) is 6.15. The third-order valence-electron chi connectivity index (χ3n) is 3.30. The van der Waals surface area contributed by atoms with Gasteiger partial charge in [0, 0.05) is 11.6 Å². The standard InChI is InChI=1S/C15H19N5O/c1-9-5-10(2)7-12(6-9)18-15(16)17-8-13-19-14(21-20-13)11-3-4-11/h5-7,11H,3-4,8H2,1-2H3,(H3,16,17,18). The van der Waals surface area contributed by atoms with Crippen LogP contribution in [-0.4, -0.2) is 16.1 Å². The largest absolute Gasteiger partial charge is 0.370 e. The number of benzene rings is 1. The van der Waals surface area contributed by atoms with Crippen molar-refractivity contribution >= 4 is 11.6 Å². The number of aromatic nitrogens is 2. The zero-order valence-corrected chi connectivity index (χ0v) is 12.3. The van der Waals surface area contributed by atoms with Crippen molar-refractivity contribution in [2.24, 2.45) is 10.7 Å². The minimum Gasteiger partial charge on any atom is -0.370 e. The van der Waals surface area contributed by atoms with Crippen LogP contribution in [0.5, 0.6) is 0 Å². The third-order valence-corrected chi connectivity index (χ3v) is 3.30. The van der Waals surface area contributed by atoms with E-state index in [0.717, 1.165) is 24.4 Å². The molecule has 1 heterocycles. The molecule has 3 N–H and O–H groups in total. The fourth-order valence-corrected chi connectivity index (χ4v) is 2.22. The highest BCUT2D eigenvalue weighted by atomic mass is 16.5. The first-order chi connectivity index (χ1) is 10.1. The molecule has 0 bridgehead atoms. The van der Waals surface area contributed by atoms with Crippen LogP contribution in [0.15, 0.2) is 27.7 Å². The molecule has 0 spiro atoms. The Hall–Kier alpha value is -2.37. The van der Waals surface area contributed by atoms with Gasteiger partial charge in [0.05, 0.1) is 0 Å². The second-order valence-electron chi connectivity index (χ2n) is 5.53. The molecule has 0 saturated heterocycles. The maximum absolute atomic E-state index is 5.89. The summed E-state index contributed by atoms with van der Waals surface area (Å²) in [5.41, 5.74) is 9.17. The Labute approximate surface area is 123 Å². The minimum atomic E-state index is 0.319. The predicted molar refractivity (Wildman–Crippen MR) is 81.1 cm³/mol. The topological polar surface area (TPSA) is 89.3 Å². The molecule has 0 aliphatic heterocycles. The Bertz CT molecular complexity index is 652. The van der Waals surface area contributed by atoms with Gasteiger partial charge in [0.1, 0.15) is 6.54 Å². The molecule has 6 heteroatoms. The van der Waals surface area contributed by atoms with Crippen molar-refractivity contribution in [3.05, 3.63) is 41.0 Å². The molecule has 1 aromatic heterocycles. The van der Waals surface area contributed by atoms with Gasteiger partial charge in [0.2, 0.25) is 5.89 Å². The van der Waals surface area contributed by atoms with Crippen LogP contribution in [-0.2, 0) is 6.54 Å². The van der Waals surface area contributed by atoms with Gasteiger partial charge >= 0.3 is 0 Å². The van der Waals surface area contributed by atoms with Crippen molar-refractivity contribution in [3.63, 3.8) is 0 Å². The minimum absolute atomic E-state index is 0.319. The van der Waals surface area contributed by atoms with Gasteiger partial charge < -0.3 is 15.6 Å². The van der Waals surface area contributed by atoms with Gasteiger partial charge in [-0.15, -0.1) is 0 Å². The summed E-state index contributed by atoms with van der Waals surface area (Å²) >= 11 is 0. The van der Waals surface area contributed by atoms with Crippen LogP contribution in [0.25, 0.3) is 0 Å². The molecular formula is C15H19N5O. The summed E-state index contributed by atoms with van der Waals surface area (Å²) in [5, 5.41) is 6.99. The van der Waals surface area contributed by atoms with E-state index < -0.39 is 0 Å². The third kappa shape index (κ3) is 3.59. The molecule has 1 aliphatic rings. The molecule has 1 aliphatic carbocycles. The van der Waals surface area contributed by atoms with Crippen molar-refractivity contribution in [2.45, 2.75) is 39.2 Å². The fourth-order valence-electron chi connectivity index (χ4n) is 2.22. The molecule has 2 aromatic rings. The second kappa shape index (κ2) is 5.55. The molecule has 110 valence electrons. The first-order valence-electron chi connectivity index (χ1n) is 7.08. The predicted octanol–water partition coefficient (Wildman–Crippen LogP) is 2.49. The summed E-state index contributed by atoms with van der Waals surface area (Å²) in [4.78, 5) is 8.55. The number of hydrogen-bond acceptors (Lipinski definition) is 4. The van der Waals surface area contributed by atoms with Crippen molar-refractivity contribution in [2.75, 3.05) is 5.32 Å². The van der Waals surface area contributed by atoms with E-state index in [2.05, 4.69) is 26.5 Å². The first kappa shape index (κ1) is 13.6.